The first-order valence-corrected chi connectivity index (χ1v) is 10.6. The van der Waals surface area contributed by atoms with Gasteiger partial charge < -0.3 is 4.57 Å². The molecule has 0 aliphatic heterocycles. The minimum absolute atomic E-state index is 0.246. The number of allylic oxidation sites excluding steroid dienone is 3. The quantitative estimate of drug-likeness (QED) is 0.403. The Bertz CT molecular complexity index is 747. The van der Waals surface area contributed by atoms with Gasteiger partial charge in [-0.15, -0.1) is 11.8 Å². The molecule has 0 amide bonds. The molecule has 0 radical (unpaired) electrons. The van der Waals surface area contributed by atoms with E-state index in [1.54, 1.807) is 6.20 Å². The van der Waals surface area contributed by atoms with Crippen LogP contribution in [0.4, 0.5) is 0 Å². The third-order valence-electron chi connectivity index (χ3n) is 4.07. The average Bonchev–Trinajstić information content (AvgIpc) is 3.07. The van der Waals surface area contributed by atoms with Crippen LogP contribution in [-0.4, -0.2) is 15.3 Å². The second kappa shape index (κ2) is 10.9. The molecular formula is C21H26Cl2N2S. The molecule has 5 heteroatoms. The number of benzene rings is 1. The molecule has 2 aromatic rings. The number of aromatic nitrogens is 2. The summed E-state index contributed by atoms with van der Waals surface area (Å²) in [6.07, 6.45) is 12.5. The summed E-state index contributed by atoms with van der Waals surface area (Å²) in [5.41, 5.74) is 3.92. The summed E-state index contributed by atoms with van der Waals surface area (Å²) in [5, 5.41) is 1.63. The molecule has 1 aromatic heterocycles. The summed E-state index contributed by atoms with van der Waals surface area (Å²) in [4.78, 5) is 4.14. The first-order valence-electron chi connectivity index (χ1n) is 8.77. The number of hydrogen-bond acceptors (Lipinski definition) is 2. The number of thioether (sulfide) groups is 1. The van der Waals surface area contributed by atoms with Crippen LogP contribution in [0, 0.1) is 0 Å². The van der Waals surface area contributed by atoms with E-state index in [9.17, 15) is 0 Å². The Kier molecular flexibility index (Phi) is 8.83. The standard InChI is InChI=1S/C21H26Cl2N2S/c1-16(2)5-4-6-17(3)9-12-26-21(14-25-11-10-24-15-25)19-8-7-18(22)13-20(19)23/h5,7-11,13,15,21H,4,6,12,14H2,1-3H3. The van der Waals surface area contributed by atoms with Crippen molar-refractivity contribution >= 4 is 35.0 Å². The molecule has 1 atom stereocenters. The number of rotatable bonds is 9. The highest BCUT2D eigenvalue weighted by Crippen LogP contribution is 2.36. The van der Waals surface area contributed by atoms with Gasteiger partial charge >= 0.3 is 0 Å². The minimum atomic E-state index is 0.246. The summed E-state index contributed by atoms with van der Waals surface area (Å²) >= 11 is 14.4. The Morgan fingerprint density at radius 3 is 2.69 bits per heavy atom. The Balaban J connectivity index is 2.03. The molecule has 2 rings (SSSR count). The number of nitrogens with zero attached hydrogens (tertiary/aromatic N) is 2. The van der Waals surface area contributed by atoms with Crippen molar-refractivity contribution in [3.63, 3.8) is 0 Å². The summed E-state index contributed by atoms with van der Waals surface area (Å²) in [5.74, 6) is 0.957. The van der Waals surface area contributed by atoms with Gasteiger partial charge in [0, 0.05) is 40.0 Å². The fourth-order valence-electron chi connectivity index (χ4n) is 2.59. The van der Waals surface area contributed by atoms with Crippen LogP contribution in [0.2, 0.25) is 10.0 Å². The van der Waals surface area contributed by atoms with Crippen molar-refractivity contribution in [2.75, 3.05) is 5.75 Å². The lowest BCUT2D eigenvalue weighted by Crippen LogP contribution is -2.06. The molecule has 0 N–H and O–H groups in total. The molecule has 140 valence electrons. The van der Waals surface area contributed by atoms with E-state index >= 15 is 0 Å². The highest BCUT2D eigenvalue weighted by atomic mass is 35.5. The first kappa shape index (κ1) is 21.1. The molecule has 1 heterocycles. The Morgan fingerprint density at radius 1 is 1.23 bits per heavy atom. The Morgan fingerprint density at radius 2 is 2.04 bits per heavy atom. The zero-order valence-corrected chi connectivity index (χ0v) is 17.9. The van der Waals surface area contributed by atoms with E-state index < -0.39 is 0 Å². The van der Waals surface area contributed by atoms with Crippen molar-refractivity contribution in [1.82, 2.24) is 9.55 Å². The van der Waals surface area contributed by atoms with E-state index in [2.05, 4.69) is 42.5 Å². The molecule has 0 bridgehead atoms. The third-order valence-corrected chi connectivity index (χ3v) is 5.79. The van der Waals surface area contributed by atoms with Gasteiger partial charge in [0.15, 0.2) is 0 Å². The number of hydrogen-bond donors (Lipinski definition) is 0. The van der Waals surface area contributed by atoms with Gasteiger partial charge in [0.25, 0.3) is 0 Å². The minimum Gasteiger partial charge on any atom is -0.336 e. The molecular weight excluding hydrogens is 383 g/mol. The van der Waals surface area contributed by atoms with Gasteiger partial charge in [0.1, 0.15) is 0 Å². The molecule has 0 fully saturated rings. The summed E-state index contributed by atoms with van der Waals surface area (Å²) < 4.78 is 2.09. The predicted molar refractivity (Wildman–Crippen MR) is 116 cm³/mol. The molecule has 2 nitrogen and oxygen atoms in total. The fraction of sp³-hybridized carbons (Fsp3) is 0.381. The Labute approximate surface area is 171 Å². The van der Waals surface area contributed by atoms with Crippen LogP contribution >= 0.6 is 35.0 Å². The summed E-state index contributed by atoms with van der Waals surface area (Å²) in [6, 6.07) is 5.76. The van der Waals surface area contributed by atoms with Gasteiger partial charge in [0.2, 0.25) is 0 Å². The fourth-order valence-corrected chi connectivity index (χ4v) is 4.47. The van der Waals surface area contributed by atoms with Crippen LogP contribution in [0.15, 0.2) is 60.2 Å². The molecule has 0 aliphatic carbocycles. The number of imidazole rings is 1. The van der Waals surface area contributed by atoms with Crippen LogP contribution in [0.5, 0.6) is 0 Å². The second-order valence-corrected chi connectivity index (χ2v) is 8.70. The lowest BCUT2D eigenvalue weighted by atomic mass is 10.1. The van der Waals surface area contributed by atoms with Crippen LogP contribution < -0.4 is 0 Å². The van der Waals surface area contributed by atoms with E-state index in [1.807, 2.05) is 42.5 Å². The Hall–Kier alpha value is -1.16. The third kappa shape index (κ3) is 7.22. The lowest BCUT2D eigenvalue weighted by molar-refractivity contribution is 0.684. The highest BCUT2D eigenvalue weighted by Gasteiger charge is 2.16. The summed E-state index contributed by atoms with van der Waals surface area (Å²) in [7, 11) is 0. The van der Waals surface area contributed by atoms with Crippen LogP contribution in [0.1, 0.15) is 44.4 Å². The lowest BCUT2D eigenvalue weighted by Gasteiger charge is -2.18. The predicted octanol–water partition coefficient (Wildman–Crippen LogP) is 7.36. The molecule has 0 saturated heterocycles. The van der Waals surface area contributed by atoms with E-state index in [4.69, 9.17) is 23.2 Å². The zero-order chi connectivity index (χ0) is 18.9. The van der Waals surface area contributed by atoms with Gasteiger partial charge in [-0.25, -0.2) is 4.98 Å². The normalized spacial score (nSPS) is 12.9. The van der Waals surface area contributed by atoms with E-state index in [0.717, 1.165) is 35.7 Å². The van der Waals surface area contributed by atoms with Gasteiger partial charge in [-0.3, -0.25) is 0 Å². The zero-order valence-electron chi connectivity index (χ0n) is 15.6. The van der Waals surface area contributed by atoms with Crippen molar-refractivity contribution in [3.05, 3.63) is 75.8 Å². The van der Waals surface area contributed by atoms with E-state index in [0.29, 0.717) is 5.02 Å². The maximum atomic E-state index is 6.46. The maximum Gasteiger partial charge on any atom is 0.0946 e. The molecule has 0 spiro atoms. The van der Waals surface area contributed by atoms with Crippen molar-refractivity contribution in [1.29, 1.82) is 0 Å². The molecule has 26 heavy (non-hydrogen) atoms. The van der Waals surface area contributed by atoms with Gasteiger partial charge in [-0.05, 0) is 51.3 Å². The topological polar surface area (TPSA) is 17.8 Å². The van der Waals surface area contributed by atoms with Crippen molar-refractivity contribution in [3.8, 4) is 0 Å². The number of halogens is 2. The van der Waals surface area contributed by atoms with Gasteiger partial charge in [0.05, 0.1) is 6.33 Å². The van der Waals surface area contributed by atoms with E-state index in [1.165, 1.54) is 11.1 Å². The molecule has 1 aromatic carbocycles. The molecule has 0 aliphatic rings. The smallest absolute Gasteiger partial charge is 0.0946 e. The largest absolute Gasteiger partial charge is 0.336 e. The summed E-state index contributed by atoms with van der Waals surface area (Å²) in [6.45, 7) is 7.33. The van der Waals surface area contributed by atoms with Crippen LogP contribution in [0.25, 0.3) is 0 Å². The van der Waals surface area contributed by atoms with Gasteiger partial charge in [-0.2, -0.15) is 0 Å². The maximum absolute atomic E-state index is 6.46. The monoisotopic (exact) mass is 408 g/mol. The van der Waals surface area contributed by atoms with Gasteiger partial charge in [-0.1, -0.05) is 52.6 Å². The van der Waals surface area contributed by atoms with Crippen molar-refractivity contribution in [2.45, 2.75) is 45.4 Å². The van der Waals surface area contributed by atoms with Crippen molar-refractivity contribution < 1.29 is 0 Å². The van der Waals surface area contributed by atoms with Crippen LogP contribution in [-0.2, 0) is 6.54 Å². The van der Waals surface area contributed by atoms with E-state index in [-0.39, 0.29) is 5.25 Å². The van der Waals surface area contributed by atoms with Crippen molar-refractivity contribution in [2.24, 2.45) is 0 Å². The first-order chi connectivity index (χ1) is 12.5. The second-order valence-electron chi connectivity index (χ2n) is 6.62. The SMILES string of the molecule is CC(C)=CCCC(C)=CCSC(Cn1ccnc1)c1ccc(Cl)cc1Cl. The van der Waals surface area contributed by atoms with Crippen LogP contribution in [0.3, 0.4) is 0 Å². The average molecular weight is 409 g/mol. The molecule has 1 unspecified atom stereocenters. The highest BCUT2D eigenvalue weighted by molar-refractivity contribution is 7.99. The molecule has 0 saturated carbocycles.